The van der Waals surface area contributed by atoms with Crippen molar-refractivity contribution in [2.45, 2.75) is 51.7 Å². The first-order valence-corrected chi connectivity index (χ1v) is 10.2. The summed E-state index contributed by atoms with van der Waals surface area (Å²) >= 11 is 0. The molecule has 0 radical (unpaired) electrons. The van der Waals surface area contributed by atoms with Crippen LogP contribution in [-0.2, 0) is 19.5 Å². The minimum absolute atomic E-state index is 0.422. The number of nitrogens with zero attached hydrogens (tertiary/aromatic N) is 3. The Labute approximate surface area is 162 Å². The lowest BCUT2D eigenvalue weighted by Crippen LogP contribution is -2.33. The number of benzene rings is 2. The second kappa shape index (κ2) is 8.53. The summed E-state index contributed by atoms with van der Waals surface area (Å²) in [5, 5.41) is 5.02. The molecule has 3 heteroatoms. The van der Waals surface area contributed by atoms with Crippen molar-refractivity contribution in [3.05, 3.63) is 89.2 Å². The number of piperidine rings is 1. The van der Waals surface area contributed by atoms with Crippen LogP contribution in [0.25, 0.3) is 0 Å². The molecule has 1 aliphatic heterocycles. The number of hydrogen-bond acceptors (Lipinski definition) is 2. The van der Waals surface area contributed by atoms with E-state index in [4.69, 9.17) is 5.10 Å². The zero-order chi connectivity index (χ0) is 18.5. The third-order valence-electron chi connectivity index (χ3n) is 5.59. The quantitative estimate of drug-likeness (QED) is 0.601. The Balaban J connectivity index is 1.62. The summed E-state index contributed by atoms with van der Waals surface area (Å²) < 4.78 is 2.11. The Morgan fingerprint density at radius 3 is 2.33 bits per heavy atom. The summed E-state index contributed by atoms with van der Waals surface area (Å²) in [7, 11) is 0. The zero-order valence-corrected chi connectivity index (χ0v) is 16.2. The van der Waals surface area contributed by atoms with Gasteiger partial charge < -0.3 is 0 Å². The molecule has 0 aliphatic carbocycles. The summed E-state index contributed by atoms with van der Waals surface area (Å²) in [4.78, 5) is 2.63. The molecular weight excluding hydrogens is 330 g/mol. The van der Waals surface area contributed by atoms with E-state index in [2.05, 4.69) is 83.4 Å². The monoisotopic (exact) mass is 359 g/mol. The van der Waals surface area contributed by atoms with Crippen LogP contribution in [0.3, 0.4) is 0 Å². The van der Waals surface area contributed by atoms with Crippen LogP contribution in [0.2, 0.25) is 0 Å². The predicted octanol–water partition coefficient (Wildman–Crippen LogP) is 5.22. The maximum Gasteiger partial charge on any atom is 0.0831 e. The fourth-order valence-corrected chi connectivity index (χ4v) is 4.18. The van der Waals surface area contributed by atoms with Crippen molar-refractivity contribution in [3.8, 4) is 0 Å². The van der Waals surface area contributed by atoms with E-state index in [1.165, 1.54) is 41.6 Å². The van der Waals surface area contributed by atoms with Gasteiger partial charge in [0, 0.05) is 25.7 Å². The van der Waals surface area contributed by atoms with Gasteiger partial charge >= 0.3 is 0 Å². The zero-order valence-electron chi connectivity index (χ0n) is 16.2. The van der Waals surface area contributed by atoms with Crippen molar-refractivity contribution in [2.24, 2.45) is 0 Å². The van der Waals surface area contributed by atoms with E-state index < -0.39 is 0 Å². The molecule has 1 saturated heterocycles. The molecule has 2 heterocycles. The Kier molecular flexibility index (Phi) is 5.69. The molecular formula is C24H29N3. The molecule has 2 aromatic carbocycles. The first-order chi connectivity index (χ1) is 13.3. The largest absolute Gasteiger partial charge is 0.290 e. The summed E-state index contributed by atoms with van der Waals surface area (Å²) in [6.07, 6.45) is 7.00. The summed E-state index contributed by atoms with van der Waals surface area (Å²) in [6.45, 7) is 5.26. The second-order valence-corrected chi connectivity index (χ2v) is 7.53. The molecule has 27 heavy (non-hydrogen) atoms. The van der Waals surface area contributed by atoms with Gasteiger partial charge in [-0.2, -0.15) is 5.10 Å². The number of aromatic nitrogens is 2. The van der Waals surface area contributed by atoms with Crippen LogP contribution in [0, 0.1) is 0 Å². The maximum atomic E-state index is 5.02. The van der Waals surface area contributed by atoms with Gasteiger partial charge in [0.1, 0.15) is 0 Å². The van der Waals surface area contributed by atoms with Crippen LogP contribution in [0.1, 0.15) is 54.6 Å². The minimum Gasteiger partial charge on any atom is -0.290 e. The van der Waals surface area contributed by atoms with E-state index in [1.807, 2.05) is 0 Å². The van der Waals surface area contributed by atoms with E-state index in [-0.39, 0.29) is 0 Å². The number of rotatable bonds is 6. The van der Waals surface area contributed by atoms with Gasteiger partial charge in [0.2, 0.25) is 0 Å². The third kappa shape index (κ3) is 4.30. The van der Waals surface area contributed by atoms with E-state index in [1.54, 1.807) is 0 Å². The lowest BCUT2D eigenvalue weighted by atomic mass is 9.94. The van der Waals surface area contributed by atoms with Crippen LogP contribution in [0.15, 0.2) is 66.9 Å². The van der Waals surface area contributed by atoms with Gasteiger partial charge in [0.25, 0.3) is 0 Å². The highest BCUT2D eigenvalue weighted by Gasteiger charge is 2.28. The van der Waals surface area contributed by atoms with Gasteiger partial charge in [0.05, 0.1) is 11.7 Å². The van der Waals surface area contributed by atoms with Crippen LogP contribution in [-0.4, -0.2) is 21.2 Å². The van der Waals surface area contributed by atoms with E-state index in [9.17, 15) is 0 Å². The summed E-state index contributed by atoms with van der Waals surface area (Å²) in [5.74, 6) is 0. The number of hydrogen-bond donors (Lipinski definition) is 0. The van der Waals surface area contributed by atoms with Gasteiger partial charge in [-0.3, -0.25) is 9.58 Å². The van der Waals surface area contributed by atoms with E-state index in [0.29, 0.717) is 6.04 Å². The van der Waals surface area contributed by atoms with Crippen LogP contribution >= 0.6 is 0 Å². The Morgan fingerprint density at radius 2 is 1.63 bits per heavy atom. The smallest absolute Gasteiger partial charge is 0.0831 e. The van der Waals surface area contributed by atoms with Crippen LogP contribution < -0.4 is 0 Å². The molecule has 0 amide bonds. The summed E-state index contributed by atoms with van der Waals surface area (Å²) in [5.41, 5.74) is 5.42. The molecule has 140 valence electrons. The average Bonchev–Trinajstić information content (AvgIpc) is 3.13. The van der Waals surface area contributed by atoms with Gasteiger partial charge in [-0.25, -0.2) is 0 Å². The van der Waals surface area contributed by atoms with Gasteiger partial charge in [0.15, 0.2) is 0 Å². The fourth-order valence-electron chi connectivity index (χ4n) is 4.18. The molecule has 0 bridgehead atoms. The molecule has 1 atom stereocenters. The van der Waals surface area contributed by atoms with Crippen molar-refractivity contribution >= 4 is 0 Å². The number of aryl methyl sites for hydroxylation is 1. The Morgan fingerprint density at radius 1 is 0.926 bits per heavy atom. The predicted molar refractivity (Wildman–Crippen MR) is 111 cm³/mol. The van der Waals surface area contributed by atoms with Gasteiger partial charge in [-0.15, -0.1) is 0 Å². The third-order valence-corrected chi connectivity index (χ3v) is 5.59. The van der Waals surface area contributed by atoms with Crippen molar-refractivity contribution < 1.29 is 0 Å². The molecule has 0 spiro atoms. The lowest BCUT2D eigenvalue weighted by molar-refractivity contribution is 0.136. The molecule has 1 aliphatic rings. The highest BCUT2D eigenvalue weighted by atomic mass is 15.3. The van der Waals surface area contributed by atoms with E-state index in [0.717, 1.165) is 26.1 Å². The topological polar surface area (TPSA) is 21.1 Å². The minimum atomic E-state index is 0.422. The SMILES string of the molecule is CCn1cc(Cc2ccccc2)c(C2CCCCN2Cc2ccccc2)n1. The van der Waals surface area contributed by atoms with Gasteiger partial charge in [-0.1, -0.05) is 67.1 Å². The molecule has 3 nitrogen and oxygen atoms in total. The molecule has 0 N–H and O–H groups in total. The molecule has 1 unspecified atom stereocenters. The number of likely N-dealkylation sites (tertiary alicyclic amines) is 1. The second-order valence-electron chi connectivity index (χ2n) is 7.53. The molecule has 1 fully saturated rings. The maximum absolute atomic E-state index is 5.02. The average molecular weight is 360 g/mol. The lowest BCUT2D eigenvalue weighted by Gasteiger charge is -2.35. The van der Waals surface area contributed by atoms with Crippen LogP contribution in [0.4, 0.5) is 0 Å². The molecule has 3 aromatic rings. The van der Waals surface area contributed by atoms with Crippen LogP contribution in [0.5, 0.6) is 0 Å². The van der Waals surface area contributed by atoms with Crippen molar-refractivity contribution in [1.29, 1.82) is 0 Å². The van der Waals surface area contributed by atoms with Crippen molar-refractivity contribution in [1.82, 2.24) is 14.7 Å². The molecule has 1 aromatic heterocycles. The first-order valence-electron chi connectivity index (χ1n) is 10.2. The van der Waals surface area contributed by atoms with Gasteiger partial charge in [-0.05, 0) is 43.0 Å². The standard InChI is InChI=1S/C24H29N3/c1-2-27-19-22(17-20-11-5-3-6-12-20)24(25-27)23-15-9-10-16-26(23)18-21-13-7-4-8-14-21/h3-8,11-14,19,23H,2,9-10,15-18H2,1H3. The van der Waals surface area contributed by atoms with Crippen molar-refractivity contribution in [2.75, 3.05) is 6.54 Å². The highest BCUT2D eigenvalue weighted by molar-refractivity contribution is 5.30. The van der Waals surface area contributed by atoms with Crippen molar-refractivity contribution in [3.63, 3.8) is 0 Å². The fraction of sp³-hybridized carbons (Fsp3) is 0.375. The summed E-state index contributed by atoms with van der Waals surface area (Å²) in [6, 6.07) is 22.0. The van der Waals surface area contributed by atoms with E-state index >= 15 is 0 Å². The highest BCUT2D eigenvalue weighted by Crippen LogP contribution is 2.34. The Bertz CT molecular complexity index is 839. The Hall–Kier alpha value is -2.39. The normalized spacial score (nSPS) is 17.9. The molecule has 0 saturated carbocycles. The first kappa shape index (κ1) is 18.0. The molecule has 4 rings (SSSR count).